The highest BCUT2D eigenvalue weighted by Crippen LogP contribution is 2.16. The van der Waals surface area contributed by atoms with Gasteiger partial charge in [0.05, 0.1) is 17.6 Å². The molecule has 0 radical (unpaired) electrons. The number of primary sulfonamides is 1. The normalized spacial score (nSPS) is 11.0. The van der Waals surface area contributed by atoms with Gasteiger partial charge in [0.25, 0.3) is 5.91 Å². The minimum Gasteiger partial charge on any atom is -0.481 e. The van der Waals surface area contributed by atoms with Gasteiger partial charge in [-0.1, -0.05) is 12.1 Å². The summed E-state index contributed by atoms with van der Waals surface area (Å²) in [5, 5.41) is 7.52. The summed E-state index contributed by atoms with van der Waals surface area (Å²) in [6, 6.07) is 7.20. The maximum absolute atomic E-state index is 12.2. The SMILES string of the molecule is COc1cc(C)nc(NC(=O)c2ccccc2S(N)(=O)=O)n1. The van der Waals surface area contributed by atoms with Crippen LogP contribution in [0.3, 0.4) is 0 Å². The van der Waals surface area contributed by atoms with Gasteiger partial charge >= 0.3 is 0 Å². The molecule has 116 valence electrons. The van der Waals surface area contributed by atoms with E-state index in [2.05, 4.69) is 15.3 Å². The zero-order valence-electron chi connectivity index (χ0n) is 11.9. The number of aromatic nitrogens is 2. The predicted octanol–water partition coefficient (Wildman–Crippen LogP) is 0.693. The Morgan fingerprint density at radius 2 is 1.95 bits per heavy atom. The topological polar surface area (TPSA) is 124 Å². The predicted molar refractivity (Wildman–Crippen MR) is 79.1 cm³/mol. The van der Waals surface area contributed by atoms with Crippen LogP contribution in [0.5, 0.6) is 5.88 Å². The van der Waals surface area contributed by atoms with Gasteiger partial charge in [0.2, 0.25) is 21.9 Å². The maximum atomic E-state index is 12.2. The first kappa shape index (κ1) is 15.9. The second kappa shape index (κ2) is 6.08. The van der Waals surface area contributed by atoms with Crippen LogP contribution in [-0.2, 0) is 10.0 Å². The number of ether oxygens (including phenoxy) is 1. The van der Waals surface area contributed by atoms with Crippen molar-refractivity contribution in [2.75, 3.05) is 12.4 Å². The zero-order chi connectivity index (χ0) is 16.3. The van der Waals surface area contributed by atoms with Crippen LogP contribution in [-0.4, -0.2) is 31.4 Å². The molecule has 0 saturated heterocycles. The summed E-state index contributed by atoms with van der Waals surface area (Å²) >= 11 is 0. The number of methoxy groups -OCH3 is 1. The molecule has 0 saturated carbocycles. The number of aryl methyl sites for hydroxylation is 1. The average Bonchev–Trinajstić information content (AvgIpc) is 2.45. The van der Waals surface area contributed by atoms with Crippen LogP contribution in [0.1, 0.15) is 16.1 Å². The van der Waals surface area contributed by atoms with Crippen molar-refractivity contribution in [3.8, 4) is 5.88 Å². The van der Waals surface area contributed by atoms with Gasteiger partial charge in [-0.25, -0.2) is 18.5 Å². The van der Waals surface area contributed by atoms with Gasteiger partial charge in [-0.05, 0) is 19.1 Å². The lowest BCUT2D eigenvalue weighted by Gasteiger charge is -2.09. The molecule has 0 fully saturated rings. The molecule has 1 amide bonds. The molecule has 1 aromatic heterocycles. The first-order valence-corrected chi connectivity index (χ1v) is 7.69. The molecule has 2 aromatic rings. The number of nitrogens with one attached hydrogen (secondary N) is 1. The van der Waals surface area contributed by atoms with Crippen LogP contribution < -0.4 is 15.2 Å². The lowest BCUT2D eigenvalue weighted by molar-refractivity contribution is 0.102. The Balaban J connectivity index is 2.37. The van der Waals surface area contributed by atoms with Crippen molar-refractivity contribution in [3.05, 3.63) is 41.6 Å². The van der Waals surface area contributed by atoms with Crippen molar-refractivity contribution in [3.63, 3.8) is 0 Å². The van der Waals surface area contributed by atoms with E-state index in [0.29, 0.717) is 5.69 Å². The van der Waals surface area contributed by atoms with E-state index in [9.17, 15) is 13.2 Å². The van der Waals surface area contributed by atoms with E-state index in [1.807, 2.05) is 0 Å². The number of rotatable bonds is 4. The number of amides is 1. The van der Waals surface area contributed by atoms with Gasteiger partial charge in [0.15, 0.2) is 0 Å². The van der Waals surface area contributed by atoms with Crippen molar-refractivity contribution in [2.45, 2.75) is 11.8 Å². The Bertz CT molecular complexity index is 821. The standard InChI is InChI=1S/C13H14N4O4S/c1-8-7-11(21-2)16-13(15-8)17-12(18)9-5-3-4-6-10(9)22(14,19)20/h3-7H,1-2H3,(H2,14,19,20)(H,15,16,17,18). The lowest BCUT2D eigenvalue weighted by Crippen LogP contribution is -2.21. The molecular weight excluding hydrogens is 308 g/mol. The minimum atomic E-state index is -4.02. The molecule has 0 unspecified atom stereocenters. The summed E-state index contributed by atoms with van der Waals surface area (Å²) in [5.74, 6) is -0.397. The summed E-state index contributed by atoms with van der Waals surface area (Å²) in [6.45, 7) is 1.71. The molecule has 8 nitrogen and oxygen atoms in total. The third kappa shape index (κ3) is 3.57. The fraction of sp³-hybridized carbons (Fsp3) is 0.154. The lowest BCUT2D eigenvalue weighted by atomic mass is 10.2. The quantitative estimate of drug-likeness (QED) is 0.853. The number of anilines is 1. The smallest absolute Gasteiger partial charge is 0.259 e. The molecule has 0 bridgehead atoms. The largest absolute Gasteiger partial charge is 0.481 e. The van der Waals surface area contributed by atoms with Crippen LogP contribution in [0.25, 0.3) is 0 Å². The van der Waals surface area contributed by atoms with Gasteiger partial charge in [-0.2, -0.15) is 4.98 Å². The molecule has 3 N–H and O–H groups in total. The molecule has 0 aliphatic carbocycles. The highest BCUT2D eigenvalue weighted by Gasteiger charge is 2.19. The first-order valence-electron chi connectivity index (χ1n) is 6.14. The van der Waals surface area contributed by atoms with Crippen LogP contribution in [0.15, 0.2) is 35.2 Å². The highest BCUT2D eigenvalue weighted by atomic mass is 32.2. The summed E-state index contributed by atoms with van der Waals surface area (Å²) in [5.41, 5.74) is 0.496. The van der Waals surface area contributed by atoms with Crippen LogP contribution >= 0.6 is 0 Å². The fourth-order valence-corrected chi connectivity index (χ4v) is 2.51. The molecular formula is C13H14N4O4S. The summed E-state index contributed by atoms with van der Waals surface area (Å²) in [6.07, 6.45) is 0. The highest BCUT2D eigenvalue weighted by molar-refractivity contribution is 7.89. The zero-order valence-corrected chi connectivity index (χ0v) is 12.7. The van der Waals surface area contributed by atoms with Crippen molar-refractivity contribution in [2.24, 2.45) is 5.14 Å². The van der Waals surface area contributed by atoms with Crippen LogP contribution in [0, 0.1) is 6.92 Å². The summed E-state index contributed by atoms with van der Waals surface area (Å²) in [4.78, 5) is 20.0. The average molecular weight is 322 g/mol. The fourth-order valence-electron chi connectivity index (χ4n) is 1.77. The minimum absolute atomic E-state index is 0.00562. The molecule has 0 atom stereocenters. The second-order valence-electron chi connectivity index (χ2n) is 4.37. The Kier molecular flexibility index (Phi) is 4.38. The second-order valence-corrected chi connectivity index (χ2v) is 5.90. The third-order valence-corrected chi connectivity index (χ3v) is 3.67. The Hall–Kier alpha value is -2.52. The van der Waals surface area contributed by atoms with E-state index in [-0.39, 0.29) is 22.3 Å². The van der Waals surface area contributed by atoms with Gasteiger partial charge in [0.1, 0.15) is 0 Å². The maximum Gasteiger partial charge on any atom is 0.259 e. The van der Waals surface area contributed by atoms with E-state index in [1.165, 1.54) is 31.4 Å². The Labute approximate surface area is 127 Å². The first-order chi connectivity index (χ1) is 10.3. The number of hydrogen-bond acceptors (Lipinski definition) is 6. The van der Waals surface area contributed by atoms with E-state index >= 15 is 0 Å². The van der Waals surface area contributed by atoms with Crippen molar-refractivity contribution < 1.29 is 17.9 Å². The van der Waals surface area contributed by atoms with Crippen molar-refractivity contribution in [1.82, 2.24) is 9.97 Å². The summed E-state index contributed by atoms with van der Waals surface area (Å²) < 4.78 is 28.0. The van der Waals surface area contributed by atoms with Crippen molar-refractivity contribution in [1.29, 1.82) is 0 Å². The van der Waals surface area contributed by atoms with Crippen LogP contribution in [0.2, 0.25) is 0 Å². The molecule has 0 aliphatic heterocycles. The molecule has 22 heavy (non-hydrogen) atoms. The number of carbonyl (C=O) groups excluding carboxylic acids is 1. The number of sulfonamides is 1. The monoisotopic (exact) mass is 322 g/mol. The summed E-state index contributed by atoms with van der Waals surface area (Å²) in [7, 11) is -2.58. The Morgan fingerprint density at radius 1 is 1.27 bits per heavy atom. The number of nitrogens with zero attached hydrogens (tertiary/aromatic N) is 2. The molecule has 1 heterocycles. The number of hydrogen-bond donors (Lipinski definition) is 2. The number of benzene rings is 1. The van der Waals surface area contributed by atoms with Gasteiger partial charge in [-0.15, -0.1) is 0 Å². The van der Waals surface area contributed by atoms with E-state index in [0.717, 1.165) is 0 Å². The third-order valence-electron chi connectivity index (χ3n) is 2.70. The molecule has 1 aromatic carbocycles. The van der Waals surface area contributed by atoms with Gasteiger partial charge in [0, 0.05) is 11.8 Å². The molecule has 0 aliphatic rings. The van der Waals surface area contributed by atoms with Gasteiger partial charge < -0.3 is 4.74 Å². The van der Waals surface area contributed by atoms with Crippen LogP contribution in [0.4, 0.5) is 5.95 Å². The Morgan fingerprint density at radius 3 is 2.59 bits per heavy atom. The van der Waals surface area contributed by atoms with Crippen molar-refractivity contribution >= 4 is 21.9 Å². The number of nitrogens with two attached hydrogens (primary N) is 1. The van der Waals surface area contributed by atoms with Gasteiger partial charge in [-0.3, -0.25) is 10.1 Å². The number of carbonyl (C=O) groups is 1. The van der Waals surface area contributed by atoms with E-state index < -0.39 is 15.9 Å². The molecule has 9 heteroatoms. The molecule has 2 rings (SSSR count). The molecule has 0 spiro atoms. The van der Waals surface area contributed by atoms with E-state index in [4.69, 9.17) is 9.88 Å². The van der Waals surface area contributed by atoms with E-state index in [1.54, 1.807) is 13.0 Å².